The minimum Gasteiger partial charge on any atom is -0.493 e. The normalized spacial score (nSPS) is 39.4. The van der Waals surface area contributed by atoms with Gasteiger partial charge in [0.05, 0.1) is 18.1 Å². The molecular formula is C26H35NO4. The number of methoxy groups -OCH3 is 2. The van der Waals surface area contributed by atoms with Crippen molar-refractivity contribution in [3.8, 4) is 11.5 Å². The molecule has 2 aliphatic heterocycles. The van der Waals surface area contributed by atoms with Crippen LogP contribution in [0.4, 0.5) is 0 Å². The minimum absolute atomic E-state index is 0.0750. The van der Waals surface area contributed by atoms with Crippen molar-refractivity contribution in [2.75, 3.05) is 27.8 Å². The summed E-state index contributed by atoms with van der Waals surface area (Å²) in [4.78, 5) is 2.51. The number of aliphatic hydroxyl groups is 1. The van der Waals surface area contributed by atoms with Gasteiger partial charge in [0.15, 0.2) is 11.5 Å². The summed E-state index contributed by atoms with van der Waals surface area (Å²) in [5, 5.41) is 12.0. The number of ether oxygens (including phenoxy) is 3. The van der Waals surface area contributed by atoms with Gasteiger partial charge in [-0.25, -0.2) is 0 Å². The molecule has 1 unspecified atom stereocenters. The average molecular weight is 426 g/mol. The van der Waals surface area contributed by atoms with E-state index in [9.17, 15) is 5.11 Å². The summed E-state index contributed by atoms with van der Waals surface area (Å²) in [5.41, 5.74) is 3.74. The van der Waals surface area contributed by atoms with Crippen LogP contribution in [0.3, 0.4) is 0 Å². The summed E-state index contributed by atoms with van der Waals surface area (Å²) in [6.07, 6.45) is 2.71. The van der Waals surface area contributed by atoms with Crippen LogP contribution in [0.1, 0.15) is 51.7 Å². The highest BCUT2D eigenvalue weighted by atomic mass is 16.6. The Kier molecular flexibility index (Phi) is 3.67. The minimum atomic E-state index is -0.916. The van der Waals surface area contributed by atoms with Crippen LogP contribution >= 0.6 is 0 Å². The molecule has 0 aromatic heterocycles. The third-order valence-electron chi connectivity index (χ3n) is 9.73. The van der Waals surface area contributed by atoms with E-state index in [0.717, 1.165) is 37.3 Å². The van der Waals surface area contributed by atoms with Gasteiger partial charge in [-0.2, -0.15) is 0 Å². The quantitative estimate of drug-likeness (QED) is 0.752. The lowest BCUT2D eigenvalue weighted by molar-refractivity contribution is -0.244. The van der Waals surface area contributed by atoms with Gasteiger partial charge in [-0.1, -0.05) is 32.4 Å². The molecule has 2 heterocycles. The summed E-state index contributed by atoms with van der Waals surface area (Å²) in [6, 6.07) is 4.65. The Morgan fingerprint density at radius 3 is 2.58 bits per heavy atom. The monoisotopic (exact) mass is 425 g/mol. The van der Waals surface area contributed by atoms with Crippen LogP contribution in [0.15, 0.2) is 23.3 Å². The summed E-state index contributed by atoms with van der Waals surface area (Å²) in [7, 11) is 5.78. The van der Waals surface area contributed by atoms with Crippen molar-refractivity contribution in [2.24, 2.45) is 11.3 Å². The van der Waals surface area contributed by atoms with Gasteiger partial charge in [-0.15, -0.1) is 0 Å². The van der Waals surface area contributed by atoms with Crippen LogP contribution in [0.2, 0.25) is 0 Å². The van der Waals surface area contributed by atoms with E-state index < -0.39 is 11.2 Å². The van der Waals surface area contributed by atoms with Crippen molar-refractivity contribution in [3.63, 3.8) is 0 Å². The molecule has 4 bridgehead atoms. The maximum atomic E-state index is 12.0. The summed E-state index contributed by atoms with van der Waals surface area (Å²) < 4.78 is 19.1. The highest BCUT2D eigenvalue weighted by Gasteiger charge is 2.78. The molecule has 0 radical (unpaired) electrons. The van der Waals surface area contributed by atoms with Gasteiger partial charge >= 0.3 is 0 Å². The van der Waals surface area contributed by atoms with Gasteiger partial charge in [0, 0.05) is 31.1 Å². The molecule has 1 spiro atoms. The van der Waals surface area contributed by atoms with Crippen LogP contribution in [-0.4, -0.2) is 61.2 Å². The zero-order valence-electron chi connectivity index (χ0n) is 19.8. The molecular weight excluding hydrogens is 390 g/mol. The van der Waals surface area contributed by atoms with Crippen LogP contribution in [-0.2, 0) is 16.6 Å². The Morgan fingerprint density at radius 2 is 1.94 bits per heavy atom. The lowest BCUT2D eigenvalue weighted by atomic mass is 9.39. The Balaban J connectivity index is 1.67. The third-order valence-corrected chi connectivity index (χ3v) is 9.73. The van der Waals surface area contributed by atoms with E-state index in [2.05, 4.69) is 44.9 Å². The van der Waals surface area contributed by atoms with Crippen LogP contribution in [0.5, 0.6) is 11.5 Å². The first kappa shape index (κ1) is 20.1. The summed E-state index contributed by atoms with van der Waals surface area (Å²) in [6.45, 7) is 9.43. The fourth-order valence-electron chi connectivity index (χ4n) is 7.77. The number of hydrogen-bond donors (Lipinski definition) is 1. The molecule has 7 rings (SSSR count). The van der Waals surface area contributed by atoms with Crippen molar-refractivity contribution in [1.82, 2.24) is 4.90 Å². The number of hydrogen-bond acceptors (Lipinski definition) is 5. The van der Waals surface area contributed by atoms with Crippen molar-refractivity contribution in [1.29, 1.82) is 0 Å². The zero-order valence-corrected chi connectivity index (χ0v) is 19.8. The summed E-state index contributed by atoms with van der Waals surface area (Å²) >= 11 is 0. The molecule has 1 N–H and O–H groups in total. The maximum Gasteiger partial charge on any atom is 0.166 e. The van der Waals surface area contributed by atoms with Crippen LogP contribution < -0.4 is 9.47 Å². The molecule has 5 heteroatoms. The summed E-state index contributed by atoms with van der Waals surface area (Å²) in [5.74, 6) is 1.64. The number of benzene rings is 1. The molecule has 2 fully saturated rings. The van der Waals surface area contributed by atoms with Crippen molar-refractivity contribution in [3.05, 3.63) is 34.4 Å². The first-order valence-corrected chi connectivity index (χ1v) is 11.6. The lowest BCUT2D eigenvalue weighted by Gasteiger charge is -2.70. The largest absolute Gasteiger partial charge is 0.493 e. The van der Waals surface area contributed by atoms with Crippen molar-refractivity contribution >= 4 is 0 Å². The fourth-order valence-corrected chi connectivity index (χ4v) is 7.77. The Hall–Kier alpha value is -1.56. The first-order valence-electron chi connectivity index (χ1n) is 11.6. The molecule has 4 aliphatic carbocycles. The second kappa shape index (κ2) is 5.67. The average Bonchev–Trinajstić information content (AvgIpc) is 3.04. The molecule has 6 aliphatic rings. The molecule has 6 atom stereocenters. The molecule has 5 nitrogen and oxygen atoms in total. The van der Waals surface area contributed by atoms with E-state index in [0.29, 0.717) is 6.04 Å². The smallest absolute Gasteiger partial charge is 0.166 e. The van der Waals surface area contributed by atoms with E-state index in [-0.39, 0.29) is 22.9 Å². The van der Waals surface area contributed by atoms with Gasteiger partial charge in [0.25, 0.3) is 0 Å². The van der Waals surface area contributed by atoms with E-state index in [1.54, 1.807) is 7.11 Å². The number of likely N-dealkylation sites (N-methyl/N-ethyl adjacent to an activating group) is 1. The molecule has 1 aromatic rings. The number of rotatable bonds is 3. The Bertz CT molecular complexity index is 1020. The number of likely N-dealkylation sites (tertiary alicyclic amines) is 1. The van der Waals surface area contributed by atoms with Crippen molar-refractivity contribution in [2.45, 2.75) is 75.7 Å². The second-order valence-corrected chi connectivity index (χ2v) is 11.7. The van der Waals surface area contributed by atoms with Gasteiger partial charge in [-0.3, -0.25) is 4.90 Å². The first-order chi connectivity index (χ1) is 14.5. The van der Waals surface area contributed by atoms with Crippen LogP contribution in [0, 0.1) is 11.3 Å². The van der Waals surface area contributed by atoms with Gasteiger partial charge < -0.3 is 19.3 Å². The predicted molar refractivity (Wildman–Crippen MR) is 119 cm³/mol. The lowest BCUT2D eigenvalue weighted by Crippen LogP contribution is -2.78. The van der Waals surface area contributed by atoms with E-state index in [4.69, 9.17) is 14.2 Å². The van der Waals surface area contributed by atoms with Gasteiger partial charge in [-0.05, 0) is 56.0 Å². The highest BCUT2D eigenvalue weighted by Crippen LogP contribution is 2.73. The molecule has 1 saturated carbocycles. The maximum absolute atomic E-state index is 12.0. The van der Waals surface area contributed by atoms with Gasteiger partial charge in [0.1, 0.15) is 11.7 Å². The molecule has 1 saturated heterocycles. The van der Waals surface area contributed by atoms with Crippen LogP contribution in [0.25, 0.3) is 0 Å². The SMILES string of the molecule is COc1ccc2c3c1OC1[C@]34CCN(C)[C@H](C2)C4=C2C[C@@]1(OC)[C@H]2[C@@](C)(O)C(C)(C)C. The van der Waals surface area contributed by atoms with Gasteiger partial charge in [0.2, 0.25) is 0 Å². The molecule has 1 aromatic carbocycles. The second-order valence-electron chi connectivity index (χ2n) is 11.7. The highest BCUT2D eigenvalue weighted by molar-refractivity contribution is 5.70. The molecule has 0 amide bonds. The van der Waals surface area contributed by atoms with E-state index >= 15 is 0 Å². The molecule has 168 valence electrons. The standard InChI is InChI=1S/C26H35NO4/c1-23(2,3)24(4,28)21-15-13-26(21,30-7)22-25-10-11-27(5)16(19(15)25)12-14-8-9-17(29-6)20(31-22)18(14)25/h8-9,16,21-22,28H,10-13H2,1-7H3/t16-,21-,22?,24-,25-,26-/m1/s1. The van der Waals surface area contributed by atoms with E-state index in [1.807, 2.05) is 14.0 Å². The molecule has 31 heavy (non-hydrogen) atoms. The number of piperidine rings is 1. The Morgan fingerprint density at radius 1 is 1.19 bits per heavy atom. The van der Waals surface area contributed by atoms with Crippen molar-refractivity contribution < 1.29 is 19.3 Å². The fraction of sp³-hybridized carbons (Fsp3) is 0.692. The zero-order chi connectivity index (χ0) is 22.1. The third kappa shape index (κ3) is 1.97. The predicted octanol–water partition coefficient (Wildman–Crippen LogP) is 3.47. The number of nitrogens with zero attached hydrogens (tertiary/aromatic N) is 1. The Labute approximate surface area is 185 Å². The van der Waals surface area contributed by atoms with E-state index in [1.165, 1.54) is 22.3 Å². The topological polar surface area (TPSA) is 51.2 Å².